The first kappa shape index (κ1) is 15.9. The first-order valence-corrected chi connectivity index (χ1v) is 9.89. The van der Waals surface area contributed by atoms with Gasteiger partial charge < -0.3 is 10.2 Å². The fourth-order valence-electron chi connectivity index (χ4n) is 3.25. The van der Waals surface area contributed by atoms with E-state index in [-0.39, 0.29) is 17.4 Å². The highest BCUT2D eigenvalue weighted by Gasteiger charge is 2.38. The topological polar surface area (TPSA) is 49.4 Å². The second kappa shape index (κ2) is 7.04. The largest absolute Gasteiger partial charge is 0.350 e. The van der Waals surface area contributed by atoms with E-state index < -0.39 is 0 Å². The Labute approximate surface area is 139 Å². The summed E-state index contributed by atoms with van der Waals surface area (Å²) in [4.78, 5) is 27.4. The predicted octanol–water partition coefficient (Wildman–Crippen LogP) is 2.29. The van der Waals surface area contributed by atoms with Crippen LogP contribution in [0.15, 0.2) is 17.5 Å². The van der Waals surface area contributed by atoms with E-state index in [4.69, 9.17) is 0 Å². The molecular weight excluding hydrogens is 316 g/mol. The van der Waals surface area contributed by atoms with Crippen LogP contribution in [0.2, 0.25) is 0 Å². The Bertz CT molecular complexity index is 526. The lowest BCUT2D eigenvalue weighted by molar-refractivity contribution is -0.131. The predicted molar refractivity (Wildman–Crippen MR) is 91.3 cm³/mol. The van der Waals surface area contributed by atoms with Gasteiger partial charge in [-0.05, 0) is 24.3 Å². The lowest BCUT2D eigenvalue weighted by atomic mass is 9.87. The number of hydrogen-bond donors (Lipinski definition) is 1. The van der Waals surface area contributed by atoms with E-state index >= 15 is 0 Å². The van der Waals surface area contributed by atoms with E-state index in [1.165, 1.54) is 4.88 Å². The fourth-order valence-corrected chi connectivity index (χ4v) is 5.00. The Morgan fingerprint density at radius 3 is 2.82 bits per heavy atom. The summed E-state index contributed by atoms with van der Waals surface area (Å²) in [5.74, 6) is 2.46. The number of carbonyl (C=O) groups is 2. The lowest BCUT2D eigenvalue weighted by Gasteiger charge is -2.31. The number of thioether (sulfide) groups is 1. The van der Waals surface area contributed by atoms with Crippen LogP contribution in [0.1, 0.15) is 30.6 Å². The highest BCUT2D eigenvalue weighted by atomic mass is 32.2. The van der Waals surface area contributed by atoms with Crippen molar-refractivity contribution in [3.63, 3.8) is 0 Å². The van der Waals surface area contributed by atoms with Crippen LogP contribution in [0.3, 0.4) is 0 Å². The van der Waals surface area contributed by atoms with Gasteiger partial charge in [0.15, 0.2) is 0 Å². The van der Waals surface area contributed by atoms with Crippen LogP contribution in [-0.4, -0.2) is 46.8 Å². The highest BCUT2D eigenvalue weighted by molar-refractivity contribution is 7.99. The SMILES string of the molecule is O=C1CCC(CCC(=O)N2CCSCC2)(Cc2cccs2)N1. The molecule has 22 heavy (non-hydrogen) atoms. The van der Waals surface area contributed by atoms with Crippen LogP contribution in [0.25, 0.3) is 0 Å². The maximum atomic E-state index is 12.4. The van der Waals surface area contributed by atoms with E-state index in [0.29, 0.717) is 12.8 Å². The minimum Gasteiger partial charge on any atom is -0.350 e. The van der Waals surface area contributed by atoms with E-state index in [1.807, 2.05) is 22.7 Å². The average molecular weight is 338 g/mol. The molecule has 120 valence electrons. The van der Waals surface area contributed by atoms with Crippen molar-refractivity contribution in [2.24, 2.45) is 0 Å². The normalized spacial score (nSPS) is 25.3. The van der Waals surface area contributed by atoms with Gasteiger partial charge in [-0.1, -0.05) is 6.07 Å². The Balaban J connectivity index is 1.60. The monoisotopic (exact) mass is 338 g/mol. The molecule has 3 rings (SSSR count). The zero-order chi connectivity index (χ0) is 15.4. The molecule has 6 heteroatoms. The number of hydrogen-bond acceptors (Lipinski definition) is 4. The molecule has 2 fully saturated rings. The molecular formula is C16H22N2O2S2. The van der Waals surface area contributed by atoms with Crippen LogP contribution >= 0.6 is 23.1 Å². The van der Waals surface area contributed by atoms with Crippen LogP contribution in [0.4, 0.5) is 0 Å². The summed E-state index contributed by atoms with van der Waals surface area (Å²) in [5, 5.41) is 5.22. The molecule has 2 aliphatic rings. The second-order valence-corrected chi connectivity index (χ2v) is 8.33. The highest BCUT2D eigenvalue weighted by Crippen LogP contribution is 2.31. The molecule has 1 aromatic heterocycles. The second-order valence-electron chi connectivity index (χ2n) is 6.08. The molecule has 0 radical (unpaired) electrons. The average Bonchev–Trinajstić information content (AvgIpc) is 3.17. The van der Waals surface area contributed by atoms with Crippen molar-refractivity contribution in [3.05, 3.63) is 22.4 Å². The minimum atomic E-state index is -0.220. The summed E-state index contributed by atoms with van der Waals surface area (Å²) in [7, 11) is 0. The van der Waals surface area contributed by atoms with Gasteiger partial charge in [0.1, 0.15) is 0 Å². The van der Waals surface area contributed by atoms with Gasteiger partial charge in [-0.3, -0.25) is 9.59 Å². The van der Waals surface area contributed by atoms with Crippen molar-refractivity contribution < 1.29 is 9.59 Å². The molecule has 2 aliphatic heterocycles. The van der Waals surface area contributed by atoms with E-state index in [1.54, 1.807) is 11.3 Å². The van der Waals surface area contributed by atoms with Crippen LogP contribution in [0.5, 0.6) is 0 Å². The number of thiophene rings is 1. The fraction of sp³-hybridized carbons (Fsp3) is 0.625. The maximum Gasteiger partial charge on any atom is 0.222 e. The molecule has 0 spiro atoms. The van der Waals surface area contributed by atoms with Gasteiger partial charge in [0, 0.05) is 54.3 Å². The summed E-state index contributed by atoms with van der Waals surface area (Å²) >= 11 is 3.63. The zero-order valence-corrected chi connectivity index (χ0v) is 14.3. The molecule has 1 atom stereocenters. The summed E-state index contributed by atoms with van der Waals surface area (Å²) in [5.41, 5.74) is -0.220. The number of nitrogens with one attached hydrogen (secondary N) is 1. The first-order valence-electron chi connectivity index (χ1n) is 7.86. The van der Waals surface area contributed by atoms with Gasteiger partial charge in [0.25, 0.3) is 0 Å². The molecule has 2 saturated heterocycles. The maximum absolute atomic E-state index is 12.4. The quantitative estimate of drug-likeness (QED) is 0.896. The Morgan fingerprint density at radius 1 is 1.36 bits per heavy atom. The molecule has 2 amide bonds. The molecule has 0 saturated carbocycles. The van der Waals surface area contributed by atoms with Gasteiger partial charge in [-0.15, -0.1) is 11.3 Å². The first-order chi connectivity index (χ1) is 10.7. The molecule has 1 aromatic rings. The van der Waals surface area contributed by atoms with Crippen LogP contribution in [-0.2, 0) is 16.0 Å². The minimum absolute atomic E-state index is 0.123. The zero-order valence-electron chi connectivity index (χ0n) is 12.7. The molecule has 1 unspecified atom stereocenters. The number of rotatable bonds is 5. The summed E-state index contributed by atoms with van der Waals surface area (Å²) < 4.78 is 0. The van der Waals surface area contributed by atoms with Gasteiger partial charge in [-0.2, -0.15) is 11.8 Å². The van der Waals surface area contributed by atoms with Crippen LogP contribution < -0.4 is 5.32 Å². The summed E-state index contributed by atoms with van der Waals surface area (Å²) in [6.45, 7) is 1.74. The van der Waals surface area contributed by atoms with Crippen molar-refractivity contribution in [3.8, 4) is 0 Å². The lowest BCUT2D eigenvalue weighted by Crippen LogP contribution is -2.45. The van der Waals surface area contributed by atoms with E-state index in [2.05, 4.69) is 16.8 Å². The van der Waals surface area contributed by atoms with Crippen molar-refractivity contribution in [1.82, 2.24) is 10.2 Å². The van der Waals surface area contributed by atoms with Gasteiger partial charge in [0.2, 0.25) is 11.8 Å². The molecule has 0 aromatic carbocycles. The van der Waals surface area contributed by atoms with Crippen molar-refractivity contribution in [1.29, 1.82) is 0 Å². The Morgan fingerprint density at radius 2 is 2.18 bits per heavy atom. The summed E-state index contributed by atoms with van der Waals surface area (Å²) in [6, 6.07) is 4.15. The molecule has 3 heterocycles. The van der Waals surface area contributed by atoms with E-state index in [0.717, 1.165) is 43.9 Å². The Kier molecular flexibility index (Phi) is 5.08. The van der Waals surface area contributed by atoms with Crippen LogP contribution in [0, 0.1) is 0 Å². The summed E-state index contributed by atoms with van der Waals surface area (Å²) in [6.07, 6.45) is 3.56. The number of nitrogens with zero attached hydrogens (tertiary/aromatic N) is 1. The van der Waals surface area contributed by atoms with Gasteiger partial charge in [0.05, 0.1) is 0 Å². The third-order valence-electron chi connectivity index (χ3n) is 4.51. The molecule has 1 N–H and O–H groups in total. The Hall–Kier alpha value is -1.01. The van der Waals surface area contributed by atoms with Crippen molar-refractivity contribution in [2.75, 3.05) is 24.6 Å². The van der Waals surface area contributed by atoms with Gasteiger partial charge >= 0.3 is 0 Å². The third-order valence-corrected chi connectivity index (χ3v) is 6.33. The number of amides is 2. The van der Waals surface area contributed by atoms with E-state index in [9.17, 15) is 9.59 Å². The molecule has 0 bridgehead atoms. The third kappa shape index (κ3) is 3.84. The smallest absolute Gasteiger partial charge is 0.222 e. The van der Waals surface area contributed by atoms with Gasteiger partial charge in [-0.25, -0.2) is 0 Å². The van der Waals surface area contributed by atoms with Crippen molar-refractivity contribution >= 4 is 34.9 Å². The standard InChI is InChI=1S/C16H22N2O2S2/c19-14-3-5-16(17-14,12-13-2-1-9-22-13)6-4-15(20)18-7-10-21-11-8-18/h1-2,9H,3-8,10-12H2,(H,17,19). The van der Waals surface area contributed by atoms with Crippen molar-refractivity contribution in [2.45, 2.75) is 37.6 Å². The molecule has 0 aliphatic carbocycles. The molecule has 4 nitrogen and oxygen atoms in total. The number of carbonyl (C=O) groups excluding carboxylic acids is 2.